The number of ether oxygens (including phenoxy) is 1. The van der Waals surface area contributed by atoms with Gasteiger partial charge in [-0.1, -0.05) is 26.1 Å². The van der Waals surface area contributed by atoms with Crippen molar-refractivity contribution in [3.8, 4) is 0 Å². The summed E-state index contributed by atoms with van der Waals surface area (Å²) in [6, 6.07) is 4.00. The second kappa shape index (κ2) is 7.28. The zero-order chi connectivity index (χ0) is 13.5. The lowest BCUT2D eigenvalue weighted by Gasteiger charge is -2.22. The van der Waals surface area contributed by atoms with Crippen LogP contribution in [0, 0.1) is 5.92 Å². The summed E-state index contributed by atoms with van der Waals surface area (Å²) in [5, 5.41) is 3.36. The monoisotopic (exact) mass is 267 g/mol. The van der Waals surface area contributed by atoms with Crippen LogP contribution in [0.15, 0.2) is 18.3 Å². The van der Waals surface area contributed by atoms with Crippen LogP contribution < -0.4 is 11.1 Å². The molecule has 1 rings (SSSR count). The molecule has 0 saturated carbocycles. The summed E-state index contributed by atoms with van der Waals surface area (Å²) in [4.78, 5) is 4.66. The van der Waals surface area contributed by atoms with E-state index in [0.717, 1.165) is 18.0 Å². The first-order chi connectivity index (χ1) is 8.54. The Balaban J connectivity index is 2.65. The van der Waals surface area contributed by atoms with Crippen molar-refractivity contribution in [3.63, 3.8) is 0 Å². The fourth-order valence-corrected chi connectivity index (χ4v) is 1.58. The van der Waals surface area contributed by atoms with Gasteiger partial charge >= 0.3 is 0 Å². The summed E-state index contributed by atoms with van der Waals surface area (Å²) in [5.74, 6) is 1.28. The maximum atomic E-state index is 5.53. The second-order valence-corrected chi connectivity index (χ2v) is 4.89. The molecule has 0 radical (unpaired) electrons. The topological polar surface area (TPSA) is 60.2 Å². The number of nitrogens with one attached hydrogen (secondary N) is 1. The van der Waals surface area contributed by atoms with Gasteiger partial charge in [0.1, 0.15) is 10.8 Å². The standard InChI is InChI=1S/C13H21N3OS/c1-4-17-8-11(9(2)3)16-12-6-5-10(7-15-12)13(14)18/h5-7,9,11H,4,8H2,1-3H3,(H2,14,18)(H,15,16). The molecule has 0 aliphatic heterocycles. The summed E-state index contributed by atoms with van der Waals surface area (Å²) < 4.78 is 5.46. The van der Waals surface area contributed by atoms with Crippen LogP contribution >= 0.6 is 12.2 Å². The number of hydrogen-bond acceptors (Lipinski definition) is 4. The summed E-state index contributed by atoms with van der Waals surface area (Å²) in [6.07, 6.45) is 1.68. The Bertz CT molecular complexity index is 378. The Labute approximate surface area is 114 Å². The van der Waals surface area contributed by atoms with Crippen molar-refractivity contribution in [3.05, 3.63) is 23.9 Å². The van der Waals surface area contributed by atoms with E-state index >= 15 is 0 Å². The third kappa shape index (κ3) is 4.58. The first-order valence-corrected chi connectivity index (χ1v) is 6.55. The smallest absolute Gasteiger partial charge is 0.126 e. The van der Waals surface area contributed by atoms with E-state index in [-0.39, 0.29) is 6.04 Å². The van der Waals surface area contributed by atoms with Crippen molar-refractivity contribution in [2.45, 2.75) is 26.8 Å². The van der Waals surface area contributed by atoms with Gasteiger partial charge in [0, 0.05) is 18.4 Å². The molecule has 0 aliphatic carbocycles. The van der Waals surface area contributed by atoms with Gasteiger partial charge in [0.05, 0.1) is 12.6 Å². The molecule has 4 nitrogen and oxygen atoms in total. The maximum absolute atomic E-state index is 5.53. The van der Waals surface area contributed by atoms with E-state index in [1.165, 1.54) is 0 Å². The first-order valence-electron chi connectivity index (χ1n) is 6.14. The van der Waals surface area contributed by atoms with E-state index in [0.29, 0.717) is 17.5 Å². The number of hydrogen-bond donors (Lipinski definition) is 2. The minimum atomic E-state index is 0.244. The lowest BCUT2D eigenvalue weighted by atomic mass is 10.1. The van der Waals surface area contributed by atoms with E-state index in [1.807, 2.05) is 19.1 Å². The Kier molecular flexibility index (Phi) is 6.01. The average molecular weight is 267 g/mol. The van der Waals surface area contributed by atoms with Gasteiger partial charge in [0.15, 0.2) is 0 Å². The van der Waals surface area contributed by atoms with Crippen molar-refractivity contribution in [1.82, 2.24) is 4.98 Å². The Morgan fingerprint density at radius 3 is 2.67 bits per heavy atom. The largest absolute Gasteiger partial charge is 0.389 e. The Hall–Kier alpha value is -1.20. The van der Waals surface area contributed by atoms with Crippen LogP contribution in [0.25, 0.3) is 0 Å². The predicted molar refractivity (Wildman–Crippen MR) is 78.9 cm³/mol. The van der Waals surface area contributed by atoms with Crippen molar-refractivity contribution in [2.75, 3.05) is 18.5 Å². The molecule has 0 aromatic carbocycles. The van der Waals surface area contributed by atoms with Crippen molar-refractivity contribution in [2.24, 2.45) is 11.7 Å². The zero-order valence-corrected chi connectivity index (χ0v) is 12.0. The molecule has 1 aromatic heterocycles. The molecule has 0 fully saturated rings. The number of aromatic nitrogens is 1. The molecule has 3 N–H and O–H groups in total. The molecule has 5 heteroatoms. The minimum Gasteiger partial charge on any atom is -0.389 e. The van der Waals surface area contributed by atoms with Gasteiger partial charge in [-0.15, -0.1) is 0 Å². The molecule has 0 bridgehead atoms. The number of rotatable bonds is 7. The van der Waals surface area contributed by atoms with Gasteiger partial charge < -0.3 is 15.8 Å². The lowest BCUT2D eigenvalue weighted by molar-refractivity contribution is 0.126. The number of nitrogens with zero attached hydrogens (tertiary/aromatic N) is 1. The van der Waals surface area contributed by atoms with Crippen molar-refractivity contribution in [1.29, 1.82) is 0 Å². The third-order valence-electron chi connectivity index (χ3n) is 2.69. The summed E-state index contributed by atoms with van der Waals surface area (Å²) >= 11 is 4.89. The van der Waals surface area contributed by atoms with E-state index in [2.05, 4.69) is 24.1 Å². The minimum absolute atomic E-state index is 0.244. The fraction of sp³-hybridized carbons (Fsp3) is 0.538. The zero-order valence-electron chi connectivity index (χ0n) is 11.1. The van der Waals surface area contributed by atoms with Crippen LogP contribution in [0.2, 0.25) is 0 Å². The molecule has 0 aliphatic rings. The quantitative estimate of drug-likeness (QED) is 0.742. The van der Waals surface area contributed by atoms with Crippen LogP contribution in [-0.4, -0.2) is 29.2 Å². The van der Waals surface area contributed by atoms with E-state index in [1.54, 1.807) is 6.20 Å². The van der Waals surface area contributed by atoms with Crippen LogP contribution in [-0.2, 0) is 4.74 Å². The number of nitrogens with two attached hydrogens (primary N) is 1. The molecule has 0 amide bonds. The van der Waals surface area contributed by atoms with E-state index in [9.17, 15) is 0 Å². The fourth-order valence-electron chi connectivity index (χ4n) is 1.46. The van der Waals surface area contributed by atoms with Crippen LogP contribution in [0.5, 0.6) is 0 Å². The molecular weight excluding hydrogens is 246 g/mol. The third-order valence-corrected chi connectivity index (χ3v) is 2.92. The SMILES string of the molecule is CCOCC(Nc1ccc(C(N)=S)cn1)C(C)C. The normalized spacial score (nSPS) is 12.4. The predicted octanol–water partition coefficient (Wildman–Crippen LogP) is 2.19. The maximum Gasteiger partial charge on any atom is 0.126 e. The molecule has 100 valence electrons. The van der Waals surface area contributed by atoms with Crippen LogP contribution in [0.1, 0.15) is 26.3 Å². The lowest BCUT2D eigenvalue weighted by Crippen LogP contribution is -2.31. The van der Waals surface area contributed by atoms with Crippen LogP contribution in [0.3, 0.4) is 0 Å². The molecule has 18 heavy (non-hydrogen) atoms. The highest BCUT2D eigenvalue weighted by Crippen LogP contribution is 2.11. The number of anilines is 1. The molecular formula is C13H21N3OS. The number of pyridine rings is 1. The van der Waals surface area contributed by atoms with Gasteiger partial charge in [-0.05, 0) is 25.0 Å². The summed E-state index contributed by atoms with van der Waals surface area (Å²) in [5.41, 5.74) is 6.31. The van der Waals surface area contributed by atoms with E-state index in [4.69, 9.17) is 22.7 Å². The van der Waals surface area contributed by atoms with Crippen LogP contribution in [0.4, 0.5) is 5.82 Å². The van der Waals surface area contributed by atoms with Crippen molar-refractivity contribution >= 4 is 23.0 Å². The van der Waals surface area contributed by atoms with Crippen molar-refractivity contribution < 1.29 is 4.74 Å². The summed E-state index contributed by atoms with van der Waals surface area (Å²) in [6.45, 7) is 7.69. The molecule has 0 spiro atoms. The van der Waals surface area contributed by atoms with Gasteiger partial charge in [0.25, 0.3) is 0 Å². The van der Waals surface area contributed by atoms with Gasteiger partial charge in [-0.2, -0.15) is 0 Å². The van der Waals surface area contributed by atoms with Gasteiger partial charge in [0.2, 0.25) is 0 Å². The molecule has 1 heterocycles. The highest BCUT2D eigenvalue weighted by atomic mass is 32.1. The molecule has 1 aromatic rings. The molecule has 1 atom stereocenters. The Morgan fingerprint density at radius 1 is 1.50 bits per heavy atom. The summed E-state index contributed by atoms with van der Waals surface area (Å²) in [7, 11) is 0. The molecule has 0 saturated heterocycles. The highest BCUT2D eigenvalue weighted by Gasteiger charge is 2.13. The molecule has 1 unspecified atom stereocenters. The second-order valence-electron chi connectivity index (χ2n) is 4.45. The van der Waals surface area contributed by atoms with E-state index < -0.39 is 0 Å². The first kappa shape index (κ1) is 14.9. The highest BCUT2D eigenvalue weighted by molar-refractivity contribution is 7.80. The van der Waals surface area contributed by atoms with Gasteiger partial charge in [-0.3, -0.25) is 0 Å². The van der Waals surface area contributed by atoms with Gasteiger partial charge in [-0.25, -0.2) is 4.98 Å². The Morgan fingerprint density at radius 2 is 2.22 bits per heavy atom. The number of thiocarbonyl (C=S) groups is 1. The average Bonchev–Trinajstić information content (AvgIpc) is 2.34.